The normalized spacial score (nSPS) is 11.3. The average Bonchev–Trinajstić information content (AvgIpc) is 2.61. The van der Waals surface area contributed by atoms with Crippen LogP contribution < -0.4 is 4.74 Å². The van der Waals surface area contributed by atoms with Crippen molar-refractivity contribution in [2.24, 2.45) is 0 Å². The number of hydrogen-bond donors (Lipinski definition) is 0. The molecule has 0 radical (unpaired) electrons. The Hall–Kier alpha value is -2.29. The number of ether oxygens (including phenoxy) is 2. The summed E-state index contributed by atoms with van der Waals surface area (Å²) in [5, 5.41) is 0. The van der Waals surface area contributed by atoms with Crippen LogP contribution in [0.5, 0.6) is 5.75 Å². The maximum atomic E-state index is 12.6. The van der Waals surface area contributed by atoms with Crippen LogP contribution in [0, 0.1) is 6.92 Å². The minimum atomic E-state index is -0.321. The molecule has 0 N–H and O–H groups in total. The number of rotatable bonds is 8. The fourth-order valence-corrected chi connectivity index (χ4v) is 3.00. The zero-order valence-corrected chi connectivity index (χ0v) is 17.3. The molecule has 0 fully saturated rings. The molecule has 0 spiro atoms. The molecule has 0 saturated heterocycles. The van der Waals surface area contributed by atoms with E-state index in [9.17, 15) is 4.79 Å². The molecule has 0 aliphatic carbocycles. The van der Waals surface area contributed by atoms with E-state index in [-0.39, 0.29) is 18.2 Å². The van der Waals surface area contributed by atoms with Crippen molar-refractivity contribution in [1.82, 2.24) is 0 Å². The largest absolute Gasteiger partial charge is 0.488 e. The van der Waals surface area contributed by atoms with Gasteiger partial charge in [0.2, 0.25) is 0 Å². The fourth-order valence-electron chi connectivity index (χ4n) is 3.00. The van der Waals surface area contributed by atoms with Crippen LogP contribution in [0.1, 0.15) is 74.0 Å². The monoisotopic (exact) mass is 368 g/mol. The summed E-state index contributed by atoms with van der Waals surface area (Å²) in [5.41, 5.74) is 3.47. The van der Waals surface area contributed by atoms with Crippen LogP contribution in [0.3, 0.4) is 0 Å². The summed E-state index contributed by atoms with van der Waals surface area (Å²) in [6.45, 7) is 10.6. The van der Waals surface area contributed by atoms with Crippen LogP contribution in [0.15, 0.2) is 42.5 Å². The van der Waals surface area contributed by atoms with Gasteiger partial charge in [-0.15, -0.1) is 0 Å². The van der Waals surface area contributed by atoms with Gasteiger partial charge in [-0.3, -0.25) is 0 Å². The van der Waals surface area contributed by atoms with Gasteiger partial charge >= 0.3 is 5.97 Å². The van der Waals surface area contributed by atoms with Gasteiger partial charge in [-0.1, -0.05) is 50.1 Å². The minimum absolute atomic E-state index is 0.270. The van der Waals surface area contributed by atoms with Crippen LogP contribution in [-0.4, -0.2) is 11.6 Å². The van der Waals surface area contributed by atoms with Crippen molar-refractivity contribution in [3.05, 3.63) is 64.7 Å². The lowest BCUT2D eigenvalue weighted by molar-refractivity contribution is 0.0470. The Morgan fingerprint density at radius 1 is 1.04 bits per heavy atom. The molecule has 0 unspecified atom stereocenters. The van der Waals surface area contributed by atoms with E-state index in [1.54, 1.807) is 0 Å². The van der Waals surface area contributed by atoms with Gasteiger partial charge in [0.05, 0.1) is 5.56 Å². The Morgan fingerprint density at radius 2 is 1.74 bits per heavy atom. The molecular weight excluding hydrogens is 336 g/mol. The third kappa shape index (κ3) is 6.74. The second-order valence-electron chi connectivity index (χ2n) is 8.00. The van der Waals surface area contributed by atoms with Gasteiger partial charge in [0.1, 0.15) is 18.0 Å². The van der Waals surface area contributed by atoms with Gasteiger partial charge < -0.3 is 9.47 Å². The number of unbranched alkanes of at least 4 members (excludes halogenated alkanes) is 2. The average molecular weight is 369 g/mol. The van der Waals surface area contributed by atoms with Gasteiger partial charge in [0, 0.05) is 0 Å². The summed E-state index contributed by atoms with van der Waals surface area (Å²) < 4.78 is 11.7. The quantitative estimate of drug-likeness (QED) is 0.407. The van der Waals surface area contributed by atoms with Crippen molar-refractivity contribution in [2.45, 2.75) is 72.5 Å². The van der Waals surface area contributed by atoms with Gasteiger partial charge in [-0.25, -0.2) is 4.79 Å². The SMILES string of the molecule is CCCCCc1c(C)cc(C(=O)OCc2ccccc2)cc1OC(C)(C)C. The molecule has 3 nitrogen and oxygen atoms in total. The van der Waals surface area contributed by atoms with Crippen molar-refractivity contribution in [1.29, 1.82) is 0 Å². The van der Waals surface area contributed by atoms with Crippen LogP contribution in [0.25, 0.3) is 0 Å². The van der Waals surface area contributed by atoms with Crippen molar-refractivity contribution < 1.29 is 14.3 Å². The Kier molecular flexibility index (Phi) is 7.46. The molecular formula is C24H32O3. The standard InChI is InChI=1S/C24H32O3/c1-6-7-9-14-21-18(2)15-20(16-22(21)27-24(3,4)5)23(25)26-17-19-12-10-8-11-13-19/h8,10-13,15-16H,6-7,9,14,17H2,1-5H3. The number of esters is 1. The highest BCUT2D eigenvalue weighted by atomic mass is 16.5. The second kappa shape index (κ2) is 9.59. The number of aryl methyl sites for hydroxylation is 1. The summed E-state index contributed by atoms with van der Waals surface area (Å²) >= 11 is 0. The molecule has 146 valence electrons. The zero-order valence-electron chi connectivity index (χ0n) is 17.3. The Balaban J connectivity index is 2.21. The third-order valence-electron chi connectivity index (χ3n) is 4.33. The number of benzene rings is 2. The lowest BCUT2D eigenvalue weighted by Gasteiger charge is -2.25. The zero-order chi connectivity index (χ0) is 19.9. The minimum Gasteiger partial charge on any atom is -0.488 e. The first-order valence-corrected chi connectivity index (χ1v) is 9.83. The molecule has 27 heavy (non-hydrogen) atoms. The first kappa shape index (κ1) is 21.0. The van der Waals surface area contributed by atoms with E-state index in [0.29, 0.717) is 5.56 Å². The van der Waals surface area contributed by atoms with Crippen LogP contribution >= 0.6 is 0 Å². The topological polar surface area (TPSA) is 35.5 Å². The van der Waals surface area contributed by atoms with Crippen molar-refractivity contribution >= 4 is 5.97 Å². The highest BCUT2D eigenvalue weighted by Gasteiger charge is 2.19. The summed E-state index contributed by atoms with van der Waals surface area (Å²) in [4.78, 5) is 12.6. The molecule has 0 heterocycles. The van der Waals surface area contributed by atoms with Crippen molar-refractivity contribution in [3.8, 4) is 5.75 Å². The molecule has 0 aliphatic heterocycles. The molecule has 0 aliphatic rings. The van der Waals surface area contributed by atoms with E-state index in [4.69, 9.17) is 9.47 Å². The third-order valence-corrected chi connectivity index (χ3v) is 4.33. The van der Waals surface area contributed by atoms with Crippen LogP contribution in [0.4, 0.5) is 0 Å². The van der Waals surface area contributed by atoms with E-state index in [0.717, 1.165) is 29.7 Å². The lowest BCUT2D eigenvalue weighted by atomic mass is 9.98. The molecule has 2 rings (SSSR count). The van der Waals surface area contributed by atoms with Gasteiger partial charge in [-0.05, 0) is 69.4 Å². The molecule has 3 heteroatoms. The van der Waals surface area contributed by atoms with Crippen LogP contribution in [0.2, 0.25) is 0 Å². The lowest BCUT2D eigenvalue weighted by Crippen LogP contribution is -2.24. The first-order chi connectivity index (χ1) is 12.8. The number of carbonyl (C=O) groups is 1. The van der Waals surface area contributed by atoms with E-state index >= 15 is 0 Å². The van der Waals surface area contributed by atoms with E-state index in [2.05, 4.69) is 6.92 Å². The van der Waals surface area contributed by atoms with Crippen LogP contribution in [-0.2, 0) is 17.8 Å². The predicted molar refractivity (Wildman–Crippen MR) is 110 cm³/mol. The molecule has 0 aromatic heterocycles. The predicted octanol–water partition coefficient (Wildman–Crippen LogP) is 6.26. The van der Waals surface area contributed by atoms with E-state index in [1.165, 1.54) is 18.4 Å². The smallest absolute Gasteiger partial charge is 0.338 e. The summed E-state index contributed by atoms with van der Waals surface area (Å²) in [6, 6.07) is 13.5. The van der Waals surface area contributed by atoms with Gasteiger partial charge in [0.15, 0.2) is 0 Å². The molecule has 2 aromatic rings. The molecule has 0 saturated carbocycles. The maximum absolute atomic E-state index is 12.6. The van der Waals surface area contributed by atoms with Gasteiger partial charge in [-0.2, -0.15) is 0 Å². The highest BCUT2D eigenvalue weighted by molar-refractivity contribution is 5.90. The van der Waals surface area contributed by atoms with E-state index < -0.39 is 0 Å². The second-order valence-corrected chi connectivity index (χ2v) is 8.00. The fraction of sp³-hybridized carbons (Fsp3) is 0.458. The highest BCUT2D eigenvalue weighted by Crippen LogP contribution is 2.30. The number of carbonyl (C=O) groups excluding carboxylic acids is 1. The maximum Gasteiger partial charge on any atom is 0.338 e. The molecule has 0 amide bonds. The van der Waals surface area contributed by atoms with E-state index in [1.807, 2.05) is 70.2 Å². The summed E-state index contributed by atoms with van der Waals surface area (Å²) in [6.07, 6.45) is 4.45. The Morgan fingerprint density at radius 3 is 2.37 bits per heavy atom. The molecule has 2 aromatic carbocycles. The first-order valence-electron chi connectivity index (χ1n) is 9.83. The van der Waals surface area contributed by atoms with Crippen molar-refractivity contribution in [2.75, 3.05) is 0 Å². The molecule has 0 bridgehead atoms. The summed E-state index contributed by atoms with van der Waals surface area (Å²) in [5.74, 6) is 0.478. The Bertz CT molecular complexity index is 742. The van der Waals surface area contributed by atoms with Crippen molar-refractivity contribution in [3.63, 3.8) is 0 Å². The Labute approximate surface area is 163 Å². The number of hydrogen-bond acceptors (Lipinski definition) is 3. The summed E-state index contributed by atoms with van der Waals surface area (Å²) in [7, 11) is 0. The molecule has 0 atom stereocenters. The van der Waals surface area contributed by atoms with Gasteiger partial charge in [0.25, 0.3) is 0 Å².